The van der Waals surface area contributed by atoms with E-state index in [0.717, 1.165) is 31.1 Å². The Bertz CT molecular complexity index is 592. The minimum Gasteiger partial charge on any atom is -0.486 e. The van der Waals surface area contributed by atoms with Crippen molar-refractivity contribution in [1.29, 1.82) is 0 Å². The van der Waals surface area contributed by atoms with Crippen LogP contribution in [0.15, 0.2) is 18.2 Å². The van der Waals surface area contributed by atoms with Crippen LogP contribution in [0.25, 0.3) is 0 Å². The molecule has 4 atom stereocenters. The van der Waals surface area contributed by atoms with Gasteiger partial charge in [0.1, 0.15) is 12.7 Å². The fourth-order valence-electron chi connectivity index (χ4n) is 3.89. The zero-order valence-corrected chi connectivity index (χ0v) is 13.6. The number of fused-ring (bicyclic) bond motifs is 3. The number of hydrogen-bond acceptors (Lipinski definition) is 4. The lowest BCUT2D eigenvalue weighted by Gasteiger charge is -2.30. The molecule has 1 N–H and O–H groups in total. The maximum Gasteiger partial charge on any atom is 0.251 e. The number of carbonyl (C=O) groups is 1. The lowest BCUT2D eigenvalue weighted by atomic mass is 9.96. The van der Waals surface area contributed by atoms with Crippen LogP contribution in [-0.4, -0.2) is 49.2 Å². The van der Waals surface area contributed by atoms with Gasteiger partial charge in [0.2, 0.25) is 0 Å². The third-order valence-electron chi connectivity index (χ3n) is 5.18. The Hall–Kier alpha value is -1.75. The Morgan fingerprint density at radius 3 is 3.09 bits per heavy atom. The summed E-state index contributed by atoms with van der Waals surface area (Å²) in [4.78, 5) is 15.0. The van der Waals surface area contributed by atoms with Crippen molar-refractivity contribution in [1.82, 2.24) is 10.2 Å². The molecule has 0 saturated carbocycles. The summed E-state index contributed by atoms with van der Waals surface area (Å²) < 4.78 is 11.6. The molecule has 1 amide bonds. The van der Waals surface area contributed by atoms with Crippen molar-refractivity contribution in [2.24, 2.45) is 5.92 Å². The summed E-state index contributed by atoms with van der Waals surface area (Å²) in [7, 11) is 0. The summed E-state index contributed by atoms with van der Waals surface area (Å²) in [5.74, 6) is 2.15. The molecule has 3 aliphatic rings. The third kappa shape index (κ3) is 3.02. The fourth-order valence-corrected chi connectivity index (χ4v) is 3.89. The second kappa shape index (κ2) is 6.04. The SMILES string of the molecule is CC[C@H]1COc2ccc(C(=O)N[C@@H]3C[C@@H]4CCN(C4)C3)cc2O1. The van der Waals surface area contributed by atoms with Crippen molar-refractivity contribution in [3.63, 3.8) is 0 Å². The largest absolute Gasteiger partial charge is 0.486 e. The van der Waals surface area contributed by atoms with Crippen LogP contribution in [0.2, 0.25) is 0 Å². The average molecular weight is 316 g/mol. The van der Waals surface area contributed by atoms with Crippen LogP contribution in [-0.2, 0) is 0 Å². The summed E-state index contributed by atoms with van der Waals surface area (Å²) in [6.07, 6.45) is 3.34. The quantitative estimate of drug-likeness (QED) is 0.927. The highest BCUT2D eigenvalue weighted by Gasteiger charge is 2.33. The number of rotatable bonds is 3. The van der Waals surface area contributed by atoms with Gasteiger partial charge in [-0.1, -0.05) is 6.92 Å². The number of hydrogen-bond donors (Lipinski definition) is 1. The fraction of sp³-hybridized carbons (Fsp3) is 0.611. The van der Waals surface area contributed by atoms with Crippen LogP contribution < -0.4 is 14.8 Å². The number of piperidine rings is 1. The van der Waals surface area contributed by atoms with E-state index in [4.69, 9.17) is 9.47 Å². The van der Waals surface area contributed by atoms with Crippen LogP contribution in [0.1, 0.15) is 36.5 Å². The van der Waals surface area contributed by atoms with Crippen LogP contribution in [0.5, 0.6) is 11.5 Å². The topological polar surface area (TPSA) is 50.8 Å². The number of carbonyl (C=O) groups excluding carboxylic acids is 1. The molecule has 2 saturated heterocycles. The van der Waals surface area contributed by atoms with Gasteiger partial charge in [-0.2, -0.15) is 0 Å². The average Bonchev–Trinajstić information content (AvgIpc) is 2.92. The van der Waals surface area contributed by atoms with Crippen LogP contribution >= 0.6 is 0 Å². The molecule has 0 radical (unpaired) electrons. The Labute approximate surface area is 136 Å². The molecular weight excluding hydrogens is 292 g/mol. The van der Waals surface area contributed by atoms with Crippen molar-refractivity contribution < 1.29 is 14.3 Å². The Morgan fingerprint density at radius 2 is 2.26 bits per heavy atom. The molecule has 0 aromatic heterocycles. The van der Waals surface area contributed by atoms with Gasteiger partial charge >= 0.3 is 0 Å². The monoisotopic (exact) mass is 316 g/mol. The zero-order chi connectivity index (χ0) is 15.8. The number of nitrogens with zero attached hydrogens (tertiary/aromatic N) is 1. The van der Waals surface area contributed by atoms with Crippen LogP contribution in [0.4, 0.5) is 0 Å². The lowest BCUT2D eigenvalue weighted by Crippen LogP contribution is -2.47. The second-order valence-electron chi connectivity index (χ2n) is 6.94. The summed E-state index contributed by atoms with van der Waals surface area (Å²) in [6, 6.07) is 5.73. The van der Waals surface area contributed by atoms with Gasteiger partial charge in [0.25, 0.3) is 5.91 Å². The van der Waals surface area contributed by atoms with E-state index in [2.05, 4.69) is 17.1 Å². The minimum absolute atomic E-state index is 0.0116. The van der Waals surface area contributed by atoms with Gasteiger partial charge in [0, 0.05) is 24.7 Å². The first-order chi connectivity index (χ1) is 11.2. The summed E-state index contributed by atoms with van der Waals surface area (Å²) in [5, 5.41) is 3.19. The first-order valence-corrected chi connectivity index (χ1v) is 8.68. The highest BCUT2D eigenvalue weighted by molar-refractivity contribution is 5.95. The molecule has 0 aliphatic carbocycles. The van der Waals surface area contributed by atoms with Crippen molar-refractivity contribution >= 4 is 5.91 Å². The molecule has 0 spiro atoms. The summed E-state index contributed by atoms with van der Waals surface area (Å²) in [5.41, 5.74) is 0.650. The van der Waals surface area contributed by atoms with E-state index in [0.29, 0.717) is 17.9 Å². The van der Waals surface area contributed by atoms with Gasteiger partial charge in [-0.3, -0.25) is 4.79 Å². The summed E-state index contributed by atoms with van der Waals surface area (Å²) in [6.45, 7) is 6.01. The molecule has 1 aromatic carbocycles. The number of nitrogens with one attached hydrogen (secondary N) is 1. The highest BCUT2D eigenvalue weighted by Crippen LogP contribution is 2.33. The molecule has 3 aliphatic heterocycles. The van der Waals surface area contributed by atoms with Crippen molar-refractivity contribution in [3.8, 4) is 11.5 Å². The van der Waals surface area contributed by atoms with Crippen molar-refractivity contribution in [3.05, 3.63) is 23.8 Å². The molecular formula is C18H24N2O3. The van der Waals surface area contributed by atoms with Crippen molar-refractivity contribution in [2.45, 2.75) is 38.3 Å². The van der Waals surface area contributed by atoms with E-state index in [-0.39, 0.29) is 18.1 Å². The molecule has 4 rings (SSSR count). The second-order valence-corrected chi connectivity index (χ2v) is 6.94. The zero-order valence-electron chi connectivity index (χ0n) is 13.6. The van der Waals surface area contributed by atoms with Crippen molar-refractivity contribution in [2.75, 3.05) is 26.2 Å². The third-order valence-corrected chi connectivity index (χ3v) is 5.18. The number of benzene rings is 1. The normalized spacial score (nSPS) is 31.7. The maximum absolute atomic E-state index is 12.6. The van der Waals surface area contributed by atoms with E-state index < -0.39 is 0 Å². The Balaban J connectivity index is 1.44. The molecule has 2 fully saturated rings. The standard InChI is InChI=1S/C18H24N2O3/c1-2-15-11-22-16-4-3-13(8-17(16)23-15)18(21)19-14-7-12-5-6-20(9-12)10-14/h3-4,8,12,14-15H,2,5-7,9-11H2,1H3,(H,19,21)/t12-,14+,15-/m0/s1. The maximum atomic E-state index is 12.6. The number of amides is 1. The molecule has 1 unspecified atom stereocenters. The van der Waals surface area contributed by atoms with E-state index in [1.165, 1.54) is 19.5 Å². The first kappa shape index (κ1) is 14.8. The molecule has 124 valence electrons. The van der Waals surface area contributed by atoms with E-state index in [9.17, 15) is 4.79 Å². The smallest absolute Gasteiger partial charge is 0.251 e. The molecule has 1 aromatic rings. The predicted molar refractivity (Wildman–Crippen MR) is 87.1 cm³/mol. The molecule has 2 bridgehead atoms. The highest BCUT2D eigenvalue weighted by atomic mass is 16.6. The van der Waals surface area contributed by atoms with Gasteiger partial charge in [-0.15, -0.1) is 0 Å². The van der Waals surface area contributed by atoms with Gasteiger partial charge < -0.3 is 19.7 Å². The first-order valence-electron chi connectivity index (χ1n) is 8.68. The van der Waals surface area contributed by atoms with Gasteiger partial charge in [-0.25, -0.2) is 0 Å². The molecule has 3 heterocycles. The Kier molecular flexibility index (Phi) is 3.89. The predicted octanol–water partition coefficient (Wildman–Crippen LogP) is 2.06. The van der Waals surface area contributed by atoms with Crippen LogP contribution in [0, 0.1) is 5.92 Å². The lowest BCUT2D eigenvalue weighted by molar-refractivity contribution is 0.0863. The minimum atomic E-state index is -0.0116. The molecule has 23 heavy (non-hydrogen) atoms. The Morgan fingerprint density at radius 1 is 1.35 bits per heavy atom. The van der Waals surface area contributed by atoms with E-state index >= 15 is 0 Å². The number of ether oxygens (including phenoxy) is 2. The van der Waals surface area contributed by atoms with Gasteiger partial charge in [0.15, 0.2) is 11.5 Å². The van der Waals surface area contributed by atoms with E-state index in [1.54, 1.807) is 0 Å². The molecule has 5 nitrogen and oxygen atoms in total. The van der Waals surface area contributed by atoms with E-state index in [1.807, 2.05) is 18.2 Å². The summed E-state index contributed by atoms with van der Waals surface area (Å²) >= 11 is 0. The van der Waals surface area contributed by atoms with Crippen LogP contribution in [0.3, 0.4) is 0 Å². The van der Waals surface area contributed by atoms with Gasteiger partial charge in [-0.05, 0) is 49.9 Å². The molecule has 5 heteroatoms. The van der Waals surface area contributed by atoms with Gasteiger partial charge in [0.05, 0.1) is 0 Å².